The van der Waals surface area contributed by atoms with Gasteiger partial charge in [0.25, 0.3) is 5.91 Å². The first-order chi connectivity index (χ1) is 10.6. The first kappa shape index (κ1) is 14.4. The Morgan fingerprint density at radius 3 is 2.59 bits per heavy atom. The van der Waals surface area contributed by atoms with Gasteiger partial charge in [0.05, 0.1) is 10.6 Å². The van der Waals surface area contributed by atoms with Crippen LogP contribution in [0.4, 0.5) is 5.88 Å². The van der Waals surface area contributed by atoms with Crippen LogP contribution in [0.1, 0.15) is 15.9 Å². The molecule has 0 spiro atoms. The summed E-state index contributed by atoms with van der Waals surface area (Å²) < 4.78 is 5.16. The number of aromatic nitrogens is 1. The Morgan fingerprint density at radius 2 is 1.86 bits per heavy atom. The minimum Gasteiger partial charge on any atom is -0.338 e. The Hall–Kier alpha value is -2.59. The molecule has 0 aliphatic carbocycles. The molecule has 0 aliphatic heterocycles. The lowest BCUT2D eigenvalue weighted by atomic mass is 10.1. The number of carbonyl (C=O) groups is 1. The molecule has 0 radical (unpaired) electrons. The molecule has 22 heavy (non-hydrogen) atoms. The van der Waals surface area contributed by atoms with Crippen LogP contribution in [0.15, 0.2) is 59.1 Å². The third kappa shape index (κ3) is 3.02. The molecule has 4 nitrogen and oxygen atoms in total. The number of anilines is 1. The number of hydrogen-bond acceptors (Lipinski definition) is 3. The molecule has 0 unspecified atom stereocenters. The highest BCUT2D eigenvalue weighted by atomic mass is 35.5. The number of hydrogen-bond donors (Lipinski definition) is 1. The summed E-state index contributed by atoms with van der Waals surface area (Å²) in [6.07, 6.45) is 0. The van der Waals surface area contributed by atoms with E-state index in [0.717, 1.165) is 5.56 Å². The Morgan fingerprint density at radius 1 is 1.14 bits per heavy atom. The second-order valence-corrected chi connectivity index (χ2v) is 5.28. The van der Waals surface area contributed by atoms with Crippen molar-refractivity contribution in [1.82, 2.24) is 5.16 Å². The average Bonchev–Trinajstić information content (AvgIpc) is 2.97. The predicted octanol–water partition coefficient (Wildman–Crippen LogP) is 4.56. The van der Waals surface area contributed by atoms with Gasteiger partial charge in [0.1, 0.15) is 5.69 Å². The van der Waals surface area contributed by atoms with E-state index in [0.29, 0.717) is 16.3 Å². The van der Waals surface area contributed by atoms with Gasteiger partial charge in [0.15, 0.2) is 0 Å². The van der Waals surface area contributed by atoms with Gasteiger partial charge < -0.3 is 4.52 Å². The van der Waals surface area contributed by atoms with Crippen molar-refractivity contribution in [3.05, 3.63) is 70.7 Å². The molecular weight excluding hydrogens is 300 g/mol. The van der Waals surface area contributed by atoms with E-state index in [1.807, 2.05) is 31.2 Å². The number of halogens is 1. The van der Waals surface area contributed by atoms with Crippen molar-refractivity contribution in [3.63, 3.8) is 0 Å². The molecule has 1 heterocycles. The zero-order chi connectivity index (χ0) is 15.5. The Labute approximate surface area is 132 Å². The zero-order valence-corrected chi connectivity index (χ0v) is 12.6. The monoisotopic (exact) mass is 312 g/mol. The quantitative estimate of drug-likeness (QED) is 0.771. The number of rotatable bonds is 3. The fraction of sp³-hybridized carbons (Fsp3) is 0.0588. The zero-order valence-electron chi connectivity index (χ0n) is 11.8. The van der Waals surface area contributed by atoms with Gasteiger partial charge in [0.2, 0.25) is 5.88 Å². The second kappa shape index (κ2) is 6.03. The highest BCUT2D eigenvalue weighted by Gasteiger charge is 2.13. The Bertz CT molecular complexity index is 810. The highest BCUT2D eigenvalue weighted by Crippen LogP contribution is 2.23. The van der Waals surface area contributed by atoms with Crippen molar-refractivity contribution in [1.29, 1.82) is 0 Å². The molecule has 0 saturated carbocycles. The van der Waals surface area contributed by atoms with Gasteiger partial charge >= 0.3 is 0 Å². The number of nitrogens with one attached hydrogen (secondary N) is 1. The van der Waals surface area contributed by atoms with E-state index < -0.39 is 0 Å². The smallest absolute Gasteiger partial charge is 0.259 e. The predicted molar refractivity (Wildman–Crippen MR) is 86.1 cm³/mol. The molecule has 3 aromatic rings. The van der Waals surface area contributed by atoms with Gasteiger partial charge in [-0.25, -0.2) is 0 Å². The van der Waals surface area contributed by atoms with Crippen LogP contribution in [0.5, 0.6) is 0 Å². The molecule has 1 amide bonds. The number of amides is 1. The molecule has 1 N–H and O–H groups in total. The van der Waals surface area contributed by atoms with E-state index in [4.69, 9.17) is 16.1 Å². The van der Waals surface area contributed by atoms with Crippen LogP contribution < -0.4 is 5.32 Å². The van der Waals surface area contributed by atoms with Crippen molar-refractivity contribution in [3.8, 4) is 11.3 Å². The van der Waals surface area contributed by atoms with Crippen LogP contribution in [0.3, 0.4) is 0 Å². The summed E-state index contributed by atoms with van der Waals surface area (Å²) in [5, 5.41) is 7.00. The van der Waals surface area contributed by atoms with Crippen molar-refractivity contribution in [2.24, 2.45) is 0 Å². The highest BCUT2D eigenvalue weighted by molar-refractivity contribution is 6.34. The third-order valence-electron chi connectivity index (χ3n) is 3.21. The van der Waals surface area contributed by atoms with E-state index >= 15 is 0 Å². The lowest BCUT2D eigenvalue weighted by Gasteiger charge is -2.02. The molecule has 0 fully saturated rings. The SMILES string of the molecule is Cc1ccc(-c2cc(NC(=O)c3ccccc3Cl)on2)cc1. The summed E-state index contributed by atoms with van der Waals surface area (Å²) in [6.45, 7) is 2.02. The molecular formula is C17H13ClN2O2. The van der Waals surface area contributed by atoms with Gasteiger partial charge in [-0.15, -0.1) is 0 Å². The van der Waals surface area contributed by atoms with Crippen molar-refractivity contribution in [2.45, 2.75) is 6.92 Å². The summed E-state index contributed by atoms with van der Waals surface area (Å²) in [5.74, 6) is -0.0577. The second-order valence-electron chi connectivity index (χ2n) is 4.88. The summed E-state index contributed by atoms with van der Waals surface area (Å²) in [5.41, 5.74) is 3.14. The maximum absolute atomic E-state index is 12.1. The van der Waals surface area contributed by atoms with Crippen LogP contribution in [0.2, 0.25) is 5.02 Å². The minimum atomic E-state index is -0.336. The molecule has 0 aliphatic rings. The molecule has 2 aromatic carbocycles. The normalized spacial score (nSPS) is 10.5. The minimum absolute atomic E-state index is 0.278. The number of benzene rings is 2. The largest absolute Gasteiger partial charge is 0.338 e. The first-order valence-corrected chi connectivity index (χ1v) is 7.11. The van der Waals surface area contributed by atoms with Crippen LogP contribution in [-0.2, 0) is 0 Å². The van der Waals surface area contributed by atoms with E-state index in [1.165, 1.54) is 5.56 Å². The topological polar surface area (TPSA) is 55.1 Å². The van der Waals surface area contributed by atoms with Gasteiger partial charge in [-0.1, -0.05) is 58.7 Å². The number of aryl methyl sites for hydroxylation is 1. The van der Waals surface area contributed by atoms with Crippen molar-refractivity contribution < 1.29 is 9.32 Å². The van der Waals surface area contributed by atoms with Crippen LogP contribution >= 0.6 is 11.6 Å². The van der Waals surface area contributed by atoms with Crippen LogP contribution in [0, 0.1) is 6.92 Å². The van der Waals surface area contributed by atoms with E-state index in [2.05, 4.69) is 10.5 Å². The van der Waals surface area contributed by atoms with Crippen molar-refractivity contribution >= 4 is 23.4 Å². The first-order valence-electron chi connectivity index (χ1n) is 6.73. The summed E-state index contributed by atoms with van der Waals surface area (Å²) in [4.78, 5) is 12.1. The molecule has 3 rings (SSSR count). The van der Waals surface area contributed by atoms with Crippen molar-refractivity contribution in [2.75, 3.05) is 5.32 Å². The lowest BCUT2D eigenvalue weighted by molar-refractivity contribution is 0.102. The van der Waals surface area contributed by atoms with E-state index in [-0.39, 0.29) is 11.8 Å². The number of carbonyl (C=O) groups excluding carboxylic acids is 1. The van der Waals surface area contributed by atoms with Gasteiger partial charge in [-0.05, 0) is 19.1 Å². The van der Waals surface area contributed by atoms with E-state index in [9.17, 15) is 4.79 Å². The number of nitrogens with zero attached hydrogens (tertiary/aromatic N) is 1. The maximum atomic E-state index is 12.1. The van der Waals surface area contributed by atoms with Crippen LogP contribution in [-0.4, -0.2) is 11.1 Å². The fourth-order valence-electron chi connectivity index (χ4n) is 2.02. The van der Waals surface area contributed by atoms with Gasteiger partial charge in [0, 0.05) is 11.6 Å². The van der Waals surface area contributed by atoms with Gasteiger partial charge in [-0.3, -0.25) is 10.1 Å². The maximum Gasteiger partial charge on any atom is 0.259 e. The molecule has 0 saturated heterocycles. The molecule has 0 atom stereocenters. The summed E-state index contributed by atoms with van der Waals surface area (Å²) in [6, 6.07) is 16.4. The fourth-order valence-corrected chi connectivity index (χ4v) is 2.24. The van der Waals surface area contributed by atoms with Crippen LogP contribution in [0.25, 0.3) is 11.3 Å². The molecule has 5 heteroatoms. The average molecular weight is 313 g/mol. The van der Waals surface area contributed by atoms with Gasteiger partial charge in [-0.2, -0.15) is 0 Å². The van der Waals surface area contributed by atoms with E-state index in [1.54, 1.807) is 30.3 Å². The molecule has 0 bridgehead atoms. The summed E-state index contributed by atoms with van der Waals surface area (Å²) in [7, 11) is 0. The standard InChI is InChI=1S/C17H13ClN2O2/c1-11-6-8-12(9-7-11)15-10-16(22-20-15)19-17(21)13-4-2-3-5-14(13)18/h2-10H,1H3,(H,19,21). The lowest BCUT2D eigenvalue weighted by Crippen LogP contribution is -2.11. The summed E-state index contributed by atoms with van der Waals surface area (Å²) >= 11 is 5.99. The molecule has 110 valence electrons. The molecule has 1 aromatic heterocycles. The third-order valence-corrected chi connectivity index (χ3v) is 3.54. The Balaban J connectivity index is 1.78. The Kier molecular flexibility index (Phi) is 3.94.